The number of rotatable bonds is 2. The number of anilines is 1. The lowest BCUT2D eigenvalue weighted by molar-refractivity contribution is 0.439. The molecular weight excluding hydrogens is 218 g/mol. The van der Waals surface area contributed by atoms with Gasteiger partial charge in [-0.3, -0.25) is 0 Å². The normalized spacial score (nSPS) is 10.6. The van der Waals surface area contributed by atoms with E-state index in [9.17, 15) is 0 Å². The Morgan fingerprint density at radius 1 is 1.06 bits per heavy atom. The molecule has 0 bridgehead atoms. The fraction of sp³-hybridized carbons (Fsp3) is 0. The molecular formula is C12H9N3O2. The molecule has 0 radical (unpaired) electrons. The molecule has 0 saturated carbocycles. The first kappa shape index (κ1) is 9.65. The fourth-order valence-corrected chi connectivity index (χ4v) is 1.57. The van der Waals surface area contributed by atoms with E-state index >= 15 is 0 Å². The molecule has 0 amide bonds. The highest BCUT2D eigenvalue weighted by Gasteiger charge is 2.06. The highest BCUT2D eigenvalue weighted by atomic mass is 16.5. The van der Waals surface area contributed by atoms with Crippen molar-refractivity contribution in [2.75, 3.05) is 5.73 Å². The first-order chi connectivity index (χ1) is 8.33. The fourth-order valence-electron chi connectivity index (χ4n) is 1.57. The minimum Gasteiger partial charge on any atom is -0.445 e. The Kier molecular flexibility index (Phi) is 2.15. The summed E-state index contributed by atoms with van der Waals surface area (Å²) in [5.41, 5.74) is 8.02. The van der Waals surface area contributed by atoms with Gasteiger partial charge in [-0.25, -0.2) is 4.98 Å². The molecule has 2 aromatic heterocycles. The number of hydrogen-bond donors (Lipinski definition) is 1. The van der Waals surface area contributed by atoms with Gasteiger partial charge in [-0.15, -0.1) is 0 Å². The monoisotopic (exact) mass is 227 g/mol. The van der Waals surface area contributed by atoms with Gasteiger partial charge in [0.25, 0.3) is 0 Å². The predicted molar refractivity (Wildman–Crippen MR) is 61.8 cm³/mol. The van der Waals surface area contributed by atoms with Crippen LogP contribution in [0.15, 0.2) is 51.7 Å². The molecule has 17 heavy (non-hydrogen) atoms. The maximum Gasteiger partial charge on any atom is 0.225 e. The first-order valence-electron chi connectivity index (χ1n) is 5.05. The molecule has 0 aliphatic heterocycles. The van der Waals surface area contributed by atoms with E-state index in [0.717, 1.165) is 11.1 Å². The minimum atomic E-state index is 0.303. The van der Waals surface area contributed by atoms with E-state index in [2.05, 4.69) is 10.1 Å². The van der Waals surface area contributed by atoms with Crippen LogP contribution >= 0.6 is 0 Å². The standard InChI is InChI=1S/C12H9N3O2/c13-11-7-10(15-17-11)8-1-3-9(4-2-8)12-14-5-6-16-12/h1-7H,13H2. The zero-order chi connectivity index (χ0) is 11.7. The van der Waals surface area contributed by atoms with Crippen LogP contribution in [0.25, 0.3) is 22.7 Å². The minimum absolute atomic E-state index is 0.303. The quantitative estimate of drug-likeness (QED) is 0.727. The third kappa shape index (κ3) is 1.78. The molecule has 1 aromatic carbocycles. The largest absolute Gasteiger partial charge is 0.445 e. The van der Waals surface area contributed by atoms with E-state index in [-0.39, 0.29) is 0 Å². The van der Waals surface area contributed by atoms with E-state index in [4.69, 9.17) is 14.7 Å². The summed E-state index contributed by atoms with van der Waals surface area (Å²) in [6.07, 6.45) is 3.16. The van der Waals surface area contributed by atoms with Crippen molar-refractivity contribution in [3.05, 3.63) is 42.8 Å². The van der Waals surface area contributed by atoms with Gasteiger partial charge in [-0.1, -0.05) is 17.3 Å². The Morgan fingerprint density at radius 2 is 1.82 bits per heavy atom. The van der Waals surface area contributed by atoms with Gasteiger partial charge in [-0.05, 0) is 12.1 Å². The van der Waals surface area contributed by atoms with Gasteiger partial charge in [0.1, 0.15) is 12.0 Å². The van der Waals surface area contributed by atoms with Gasteiger partial charge < -0.3 is 14.7 Å². The SMILES string of the molecule is Nc1cc(-c2ccc(-c3ncco3)cc2)no1. The van der Waals surface area contributed by atoms with E-state index < -0.39 is 0 Å². The average molecular weight is 227 g/mol. The summed E-state index contributed by atoms with van der Waals surface area (Å²) in [5.74, 6) is 0.896. The molecule has 5 nitrogen and oxygen atoms in total. The summed E-state index contributed by atoms with van der Waals surface area (Å²) < 4.78 is 10.0. The molecule has 3 rings (SSSR count). The summed E-state index contributed by atoms with van der Waals surface area (Å²) in [6.45, 7) is 0. The zero-order valence-electron chi connectivity index (χ0n) is 8.83. The van der Waals surface area contributed by atoms with Crippen molar-refractivity contribution in [3.63, 3.8) is 0 Å². The second-order valence-corrected chi connectivity index (χ2v) is 3.53. The second-order valence-electron chi connectivity index (χ2n) is 3.53. The summed E-state index contributed by atoms with van der Waals surface area (Å²) in [5, 5.41) is 3.84. The lowest BCUT2D eigenvalue weighted by Gasteiger charge is -1.97. The van der Waals surface area contributed by atoms with Crippen LogP contribution in [0.2, 0.25) is 0 Å². The highest BCUT2D eigenvalue weighted by molar-refractivity contribution is 5.65. The number of hydrogen-bond acceptors (Lipinski definition) is 5. The zero-order valence-corrected chi connectivity index (χ0v) is 8.83. The topological polar surface area (TPSA) is 78.1 Å². The smallest absolute Gasteiger partial charge is 0.225 e. The van der Waals surface area contributed by atoms with Crippen molar-refractivity contribution in [2.24, 2.45) is 0 Å². The Bertz CT molecular complexity index is 612. The lowest BCUT2D eigenvalue weighted by Crippen LogP contribution is -1.80. The Morgan fingerprint density at radius 3 is 2.41 bits per heavy atom. The Labute approximate surface area is 96.9 Å². The third-order valence-corrected chi connectivity index (χ3v) is 2.39. The number of nitrogens with two attached hydrogens (primary N) is 1. The lowest BCUT2D eigenvalue weighted by atomic mass is 10.1. The van der Waals surface area contributed by atoms with E-state index in [1.165, 1.54) is 0 Å². The maximum absolute atomic E-state index is 5.47. The van der Waals surface area contributed by atoms with Gasteiger partial charge in [0.2, 0.25) is 11.8 Å². The molecule has 0 aliphatic rings. The number of oxazole rings is 1. The van der Waals surface area contributed by atoms with E-state index in [1.54, 1.807) is 18.5 Å². The van der Waals surface area contributed by atoms with Gasteiger partial charge in [0, 0.05) is 17.2 Å². The molecule has 0 fully saturated rings. The summed E-state index contributed by atoms with van der Waals surface area (Å²) in [7, 11) is 0. The van der Waals surface area contributed by atoms with Crippen LogP contribution in [-0.2, 0) is 0 Å². The molecule has 0 unspecified atom stereocenters. The van der Waals surface area contributed by atoms with Crippen molar-refractivity contribution in [1.82, 2.24) is 10.1 Å². The summed E-state index contributed by atoms with van der Waals surface area (Å²) in [4.78, 5) is 4.07. The third-order valence-electron chi connectivity index (χ3n) is 2.39. The van der Waals surface area contributed by atoms with Crippen LogP contribution in [-0.4, -0.2) is 10.1 Å². The number of benzene rings is 1. The van der Waals surface area contributed by atoms with Gasteiger partial charge >= 0.3 is 0 Å². The number of nitrogens with zero attached hydrogens (tertiary/aromatic N) is 2. The molecule has 84 valence electrons. The summed E-state index contributed by atoms with van der Waals surface area (Å²) >= 11 is 0. The van der Waals surface area contributed by atoms with Gasteiger partial charge in [-0.2, -0.15) is 0 Å². The van der Waals surface area contributed by atoms with Crippen molar-refractivity contribution in [1.29, 1.82) is 0 Å². The predicted octanol–water partition coefficient (Wildman–Crippen LogP) is 2.58. The van der Waals surface area contributed by atoms with Crippen LogP contribution in [0.4, 0.5) is 5.88 Å². The van der Waals surface area contributed by atoms with Crippen LogP contribution in [0.5, 0.6) is 0 Å². The number of aromatic nitrogens is 2. The van der Waals surface area contributed by atoms with Gasteiger partial charge in [0.15, 0.2) is 0 Å². The maximum atomic E-state index is 5.47. The van der Waals surface area contributed by atoms with Crippen molar-refractivity contribution >= 4 is 5.88 Å². The number of nitrogen functional groups attached to an aromatic ring is 1. The van der Waals surface area contributed by atoms with Crippen molar-refractivity contribution in [3.8, 4) is 22.7 Å². The molecule has 0 atom stereocenters. The molecule has 5 heteroatoms. The Balaban J connectivity index is 1.95. The first-order valence-corrected chi connectivity index (χ1v) is 5.05. The van der Waals surface area contributed by atoms with Crippen molar-refractivity contribution in [2.45, 2.75) is 0 Å². The van der Waals surface area contributed by atoms with Gasteiger partial charge in [0.05, 0.1) is 6.20 Å². The summed E-state index contributed by atoms with van der Waals surface area (Å²) in [6, 6.07) is 9.33. The molecule has 2 N–H and O–H groups in total. The molecule has 3 aromatic rings. The highest BCUT2D eigenvalue weighted by Crippen LogP contribution is 2.24. The van der Waals surface area contributed by atoms with E-state index in [1.807, 2.05) is 24.3 Å². The molecule has 0 spiro atoms. The Hall–Kier alpha value is -2.56. The van der Waals surface area contributed by atoms with E-state index in [0.29, 0.717) is 17.5 Å². The molecule has 2 heterocycles. The second kappa shape index (κ2) is 3.79. The van der Waals surface area contributed by atoms with Crippen LogP contribution in [0.3, 0.4) is 0 Å². The average Bonchev–Trinajstić information content (AvgIpc) is 3.00. The van der Waals surface area contributed by atoms with Crippen LogP contribution in [0, 0.1) is 0 Å². The van der Waals surface area contributed by atoms with Crippen molar-refractivity contribution < 1.29 is 8.94 Å². The molecule has 0 aliphatic carbocycles. The van der Waals surface area contributed by atoms with Crippen LogP contribution < -0.4 is 5.73 Å². The molecule has 0 saturated heterocycles. The van der Waals surface area contributed by atoms with Crippen LogP contribution in [0.1, 0.15) is 0 Å².